The molecule has 6 fully saturated rings. The highest BCUT2D eigenvalue weighted by molar-refractivity contribution is 5.17. The molecule has 6 aliphatic rings. The van der Waals surface area contributed by atoms with Crippen LogP contribution in [0.25, 0.3) is 0 Å². The summed E-state index contributed by atoms with van der Waals surface area (Å²) in [5.74, 6) is 0. The molecule has 4 aliphatic heterocycles. The van der Waals surface area contributed by atoms with E-state index >= 15 is 0 Å². The van der Waals surface area contributed by atoms with Crippen LogP contribution >= 0.6 is 0 Å². The largest absolute Gasteiger partial charge is 0.373 e. The fraction of sp³-hybridized carbons (Fsp3) is 1.00. The van der Waals surface area contributed by atoms with E-state index in [2.05, 4.69) is 0 Å². The van der Waals surface area contributed by atoms with Crippen molar-refractivity contribution in [1.82, 2.24) is 0 Å². The average Bonchev–Trinajstić information content (AvgIpc) is 3.29. The third-order valence-corrected chi connectivity index (χ3v) is 6.26. The molecule has 2 aliphatic carbocycles. The van der Waals surface area contributed by atoms with E-state index in [4.69, 9.17) is 23.7 Å². The molecule has 0 N–H and O–H groups in total. The molecule has 8 atom stereocenters. The number of hydrogen-bond acceptors (Lipinski definition) is 5. The molecule has 0 amide bonds. The first kappa shape index (κ1) is 12.3. The van der Waals surface area contributed by atoms with E-state index in [1.807, 2.05) is 0 Å². The second-order valence-corrected chi connectivity index (χ2v) is 7.82. The molecule has 0 bridgehead atoms. The predicted octanol–water partition coefficient (Wildman–Crippen LogP) is 1.18. The minimum absolute atomic E-state index is 0.123. The molecule has 0 spiro atoms. The Morgan fingerprint density at radius 2 is 1.29 bits per heavy atom. The Bertz CT molecular complexity index is 433. The molecule has 116 valence electrons. The minimum Gasteiger partial charge on any atom is -0.373 e. The summed E-state index contributed by atoms with van der Waals surface area (Å²) in [4.78, 5) is 0. The van der Waals surface area contributed by atoms with Crippen molar-refractivity contribution in [1.29, 1.82) is 0 Å². The van der Waals surface area contributed by atoms with Crippen LogP contribution in [0.5, 0.6) is 0 Å². The second kappa shape index (κ2) is 3.82. The summed E-state index contributed by atoms with van der Waals surface area (Å²) >= 11 is 0. The Hall–Kier alpha value is -0.200. The van der Waals surface area contributed by atoms with Gasteiger partial charge in [0.1, 0.15) is 23.4 Å². The van der Waals surface area contributed by atoms with Gasteiger partial charge in [0, 0.05) is 12.8 Å². The van der Waals surface area contributed by atoms with Crippen molar-refractivity contribution in [2.45, 2.75) is 86.4 Å². The van der Waals surface area contributed by atoms with Gasteiger partial charge in [-0.3, -0.25) is 0 Å². The molecule has 5 nitrogen and oxygen atoms in total. The van der Waals surface area contributed by atoms with E-state index in [1.165, 1.54) is 0 Å². The molecule has 0 aromatic heterocycles. The maximum atomic E-state index is 6.95. The maximum Gasteiger partial charge on any atom is 0.113 e. The summed E-state index contributed by atoms with van der Waals surface area (Å²) in [6.45, 7) is 1.79. The van der Waals surface area contributed by atoms with Crippen molar-refractivity contribution in [2.75, 3.05) is 13.2 Å². The van der Waals surface area contributed by atoms with Gasteiger partial charge >= 0.3 is 0 Å². The van der Waals surface area contributed by atoms with Gasteiger partial charge in [-0.2, -0.15) is 0 Å². The molecular formula is C16H22O5. The third-order valence-electron chi connectivity index (χ3n) is 6.26. The van der Waals surface area contributed by atoms with Crippen LogP contribution in [-0.4, -0.2) is 61.0 Å². The van der Waals surface area contributed by atoms with Crippen LogP contribution in [0, 0.1) is 0 Å². The van der Waals surface area contributed by atoms with E-state index in [1.54, 1.807) is 0 Å². The Balaban J connectivity index is 1.30. The van der Waals surface area contributed by atoms with E-state index in [0.29, 0.717) is 36.6 Å². The lowest BCUT2D eigenvalue weighted by atomic mass is 9.89. The zero-order valence-electron chi connectivity index (χ0n) is 12.2. The fourth-order valence-corrected chi connectivity index (χ4v) is 4.99. The highest BCUT2D eigenvalue weighted by Gasteiger charge is 2.69. The fourth-order valence-electron chi connectivity index (χ4n) is 4.99. The van der Waals surface area contributed by atoms with Crippen LogP contribution in [0.2, 0.25) is 0 Å². The third kappa shape index (κ3) is 1.88. The normalized spacial score (nSPS) is 62.3. The Morgan fingerprint density at radius 1 is 0.810 bits per heavy atom. The van der Waals surface area contributed by atoms with Gasteiger partial charge in [-0.15, -0.1) is 0 Å². The molecular weight excluding hydrogens is 272 g/mol. The van der Waals surface area contributed by atoms with Gasteiger partial charge in [0.05, 0.1) is 37.6 Å². The molecule has 8 unspecified atom stereocenters. The van der Waals surface area contributed by atoms with E-state index in [9.17, 15) is 0 Å². The SMILES string of the molecule is C1OC1CC1(OC2(CC3CO3)CCC3OC32)CCC2OC21. The van der Waals surface area contributed by atoms with Crippen LogP contribution in [0.1, 0.15) is 38.5 Å². The first-order valence-corrected chi connectivity index (χ1v) is 8.51. The number of ether oxygens (including phenoxy) is 5. The van der Waals surface area contributed by atoms with Crippen molar-refractivity contribution in [3.63, 3.8) is 0 Å². The minimum atomic E-state index is -0.123. The molecule has 0 radical (unpaired) electrons. The molecule has 4 saturated heterocycles. The van der Waals surface area contributed by atoms with Crippen LogP contribution in [0.4, 0.5) is 0 Å². The van der Waals surface area contributed by atoms with Gasteiger partial charge in [0.25, 0.3) is 0 Å². The monoisotopic (exact) mass is 294 g/mol. The summed E-state index contributed by atoms with van der Waals surface area (Å²) < 4.78 is 29.7. The standard InChI is InChI=1S/C16H22O5/c1-3-15(5-9-7-17-9,13-11(1)19-13)21-16(6-10-8-18-10)4-2-12-14(16)20-12/h9-14H,1-8H2. The summed E-state index contributed by atoms with van der Waals surface area (Å²) in [5.41, 5.74) is -0.247. The lowest BCUT2D eigenvalue weighted by Gasteiger charge is -2.41. The highest BCUT2D eigenvalue weighted by Crippen LogP contribution is 2.58. The van der Waals surface area contributed by atoms with Crippen LogP contribution in [0.15, 0.2) is 0 Å². The average molecular weight is 294 g/mol. The quantitative estimate of drug-likeness (QED) is 0.689. The van der Waals surface area contributed by atoms with Crippen molar-refractivity contribution in [3.8, 4) is 0 Å². The number of epoxide rings is 4. The Labute approximate surface area is 124 Å². The summed E-state index contributed by atoms with van der Waals surface area (Å²) in [5, 5.41) is 0. The van der Waals surface area contributed by atoms with Gasteiger partial charge in [-0.1, -0.05) is 0 Å². The maximum absolute atomic E-state index is 6.95. The number of hydrogen-bond donors (Lipinski definition) is 0. The number of rotatable bonds is 6. The van der Waals surface area contributed by atoms with Crippen LogP contribution in [-0.2, 0) is 23.7 Å². The first-order valence-electron chi connectivity index (χ1n) is 8.51. The Kier molecular flexibility index (Phi) is 2.23. The van der Waals surface area contributed by atoms with Gasteiger partial charge in [0.15, 0.2) is 0 Å². The summed E-state index contributed by atoms with van der Waals surface area (Å²) in [7, 11) is 0. The van der Waals surface area contributed by atoms with Gasteiger partial charge in [-0.25, -0.2) is 0 Å². The van der Waals surface area contributed by atoms with E-state index in [-0.39, 0.29) is 11.2 Å². The smallest absolute Gasteiger partial charge is 0.113 e. The highest BCUT2D eigenvalue weighted by atomic mass is 16.7. The Morgan fingerprint density at radius 3 is 1.57 bits per heavy atom. The summed E-state index contributed by atoms with van der Waals surface area (Å²) in [6, 6.07) is 0. The van der Waals surface area contributed by atoms with Gasteiger partial charge in [-0.05, 0) is 25.7 Å². The molecule has 0 aromatic carbocycles. The lowest BCUT2D eigenvalue weighted by Crippen LogP contribution is -2.50. The van der Waals surface area contributed by atoms with Gasteiger partial charge in [0.2, 0.25) is 0 Å². The molecule has 21 heavy (non-hydrogen) atoms. The van der Waals surface area contributed by atoms with E-state index < -0.39 is 0 Å². The second-order valence-electron chi connectivity index (χ2n) is 7.82. The van der Waals surface area contributed by atoms with Crippen molar-refractivity contribution in [2.24, 2.45) is 0 Å². The zero-order chi connectivity index (χ0) is 13.7. The van der Waals surface area contributed by atoms with Crippen molar-refractivity contribution in [3.05, 3.63) is 0 Å². The van der Waals surface area contributed by atoms with Crippen molar-refractivity contribution < 1.29 is 23.7 Å². The van der Waals surface area contributed by atoms with Crippen LogP contribution < -0.4 is 0 Å². The molecule has 5 heteroatoms. The predicted molar refractivity (Wildman–Crippen MR) is 71.1 cm³/mol. The molecule has 4 heterocycles. The van der Waals surface area contributed by atoms with Crippen LogP contribution in [0.3, 0.4) is 0 Å². The molecule has 6 rings (SSSR count). The topological polar surface area (TPSA) is 59.4 Å². The number of fused-ring (bicyclic) bond motifs is 2. The van der Waals surface area contributed by atoms with Gasteiger partial charge < -0.3 is 23.7 Å². The molecule has 0 aromatic rings. The molecule has 2 saturated carbocycles. The summed E-state index contributed by atoms with van der Waals surface area (Å²) in [6.07, 6.45) is 8.78. The van der Waals surface area contributed by atoms with E-state index in [0.717, 1.165) is 51.7 Å². The zero-order valence-corrected chi connectivity index (χ0v) is 12.2. The van der Waals surface area contributed by atoms with Crippen molar-refractivity contribution >= 4 is 0 Å². The first-order chi connectivity index (χ1) is 10.3. The lowest BCUT2D eigenvalue weighted by molar-refractivity contribution is -0.188.